The van der Waals surface area contributed by atoms with Gasteiger partial charge in [-0.25, -0.2) is 9.37 Å². The standard InChI is InChI=1S/C26H16ClF6N11O/c27-17-3-5-19(42-13-36-39-40-42)22(23(17)28)15-2-4-18(43(45)11-15)20(7-14-1-6-21(34-8-14)26(31,32)33)41-10-16(9-37-41)24-35-12-38-44(24)25(29)30/h1-6,8-13,20,25H,7H2/t20-/m1/s1. The maximum atomic E-state index is 15.3. The molecule has 5 aromatic heterocycles. The SMILES string of the molecule is [O-][n+]1cc(-c2c(-n3cnnn3)ccc(Cl)c2F)ccc1[C@@H](Cc1ccc(C(F)(F)F)nc1)n1cc(-c2ncnn2C(F)F)cn1. The lowest BCUT2D eigenvalue weighted by atomic mass is 10.0. The van der Waals surface area contributed by atoms with Crippen LogP contribution in [0.1, 0.15) is 29.5 Å². The Hall–Kier alpha value is -5.39. The summed E-state index contributed by atoms with van der Waals surface area (Å²) >= 11 is 6.04. The van der Waals surface area contributed by atoms with Crippen molar-refractivity contribution in [2.24, 2.45) is 0 Å². The summed E-state index contributed by atoms with van der Waals surface area (Å²) < 4.78 is 84.8. The molecule has 1 atom stereocenters. The molecule has 0 aliphatic heterocycles. The first-order chi connectivity index (χ1) is 21.5. The largest absolute Gasteiger partial charge is 0.618 e. The van der Waals surface area contributed by atoms with Gasteiger partial charge in [0.1, 0.15) is 24.4 Å². The number of benzene rings is 1. The van der Waals surface area contributed by atoms with Gasteiger partial charge in [0.15, 0.2) is 17.8 Å². The van der Waals surface area contributed by atoms with Gasteiger partial charge in [-0.1, -0.05) is 17.7 Å². The van der Waals surface area contributed by atoms with Gasteiger partial charge in [0, 0.05) is 24.9 Å². The highest BCUT2D eigenvalue weighted by Crippen LogP contribution is 2.34. The molecule has 6 aromatic rings. The quantitative estimate of drug-likeness (QED) is 0.130. The van der Waals surface area contributed by atoms with E-state index < -0.39 is 30.3 Å². The lowest BCUT2D eigenvalue weighted by molar-refractivity contribution is -0.615. The van der Waals surface area contributed by atoms with Crippen molar-refractivity contribution in [3.63, 3.8) is 0 Å². The number of rotatable bonds is 8. The van der Waals surface area contributed by atoms with E-state index in [4.69, 9.17) is 11.6 Å². The smallest absolute Gasteiger partial charge is 0.433 e. The summed E-state index contributed by atoms with van der Waals surface area (Å²) in [5, 5.41) is 31.9. The summed E-state index contributed by atoms with van der Waals surface area (Å²) in [5.74, 6) is -1.05. The number of hydrogen-bond donors (Lipinski definition) is 0. The fourth-order valence-electron chi connectivity index (χ4n) is 4.67. The molecule has 12 nitrogen and oxygen atoms in total. The third-order valence-corrected chi connectivity index (χ3v) is 7.02. The van der Waals surface area contributed by atoms with Gasteiger partial charge in [0.05, 0.1) is 33.6 Å². The van der Waals surface area contributed by atoms with E-state index >= 15 is 4.39 Å². The Balaban J connectivity index is 1.43. The molecule has 0 spiro atoms. The number of nitrogens with zero attached hydrogens (tertiary/aromatic N) is 11. The molecule has 0 bridgehead atoms. The van der Waals surface area contributed by atoms with E-state index in [0.29, 0.717) is 15.0 Å². The van der Waals surface area contributed by atoms with E-state index in [1.165, 1.54) is 58.4 Å². The van der Waals surface area contributed by atoms with E-state index in [2.05, 4.69) is 35.7 Å². The summed E-state index contributed by atoms with van der Waals surface area (Å²) in [6, 6.07) is 6.56. The van der Waals surface area contributed by atoms with Crippen molar-refractivity contribution in [1.82, 2.24) is 49.7 Å². The molecule has 0 saturated carbocycles. The topological polar surface area (TPSA) is 132 Å². The summed E-state index contributed by atoms with van der Waals surface area (Å²) in [7, 11) is 0. The van der Waals surface area contributed by atoms with Crippen LogP contribution in [0.15, 0.2) is 73.8 Å². The molecule has 0 amide bonds. The Morgan fingerprint density at radius 1 is 0.978 bits per heavy atom. The van der Waals surface area contributed by atoms with Gasteiger partial charge in [0.2, 0.25) is 5.69 Å². The van der Waals surface area contributed by atoms with Gasteiger partial charge in [-0.3, -0.25) is 9.67 Å². The molecule has 0 saturated heterocycles. The Labute approximate surface area is 252 Å². The highest BCUT2D eigenvalue weighted by molar-refractivity contribution is 6.31. The molecule has 0 N–H and O–H groups in total. The Bertz CT molecular complexity index is 1960. The molecule has 1 aromatic carbocycles. The van der Waals surface area contributed by atoms with E-state index in [1.54, 1.807) is 0 Å². The van der Waals surface area contributed by atoms with E-state index in [1.807, 2.05) is 0 Å². The molecule has 0 aliphatic rings. The summed E-state index contributed by atoms with van der Waals surface area (Å²) in [4.78, 5) is 7.33. The molecule has 19 heteroatoms. The fraction of sp³-hybridized carbons (Fsp3) is 0.154. The number of tetrazole rings is 1. The molecule has 6 rings (SSSR count). The van der Waals surface area contributed by atoms with Gasteiger partial charge < -0.3 is 5.21 Å². The predicted molar refractivity (Wildman–Crippen MR) is 142 cm³/mol. The molecular formula is C26H16ClF6N11O. The van der Waals surface area contributed by atoms with Crippen molar-refractivity contribution in [2.75, 3.05) is 0 Å². The normalized spacial score (nSPS) is 12.6. The van der Waals surface area contributed by atoms with E-state index in [-0.39, 0.29) is 45.3 Å². The first kappa shape index (κ1) is 29.7. The molecule has 45 heavy (non-hydrogen) atoms. The zero-order chi connectivity index (χ0) is 31.9. The minimum atomic E-state index is -4.67. The van der Waals surface area contributed by atoms with Crippen LogP contribution >= 0.6 is 11.6 Å². The third kappa shape index (κ3) is 5.78. The van der Waals surface area contributed by atoms with Crippen LogP contribution in [0.3, 0.4) is 0 Å². The van der Waals surface area contributed by atoms with E-state index in [0.717, 1.165) is 24.8 Å². The zero-order valence-corrected chi connectivity index (χ0v) is 23.0. The second-order valence-electron chi connectivity index (χ2n) is 9.46. The van der Waals surface area contributed by atoms with Crippen molar-refractivity contribution in [2.45, 2.75) is 25.2 Å². The van der Waals surface area contributed by atoms with Gasteiger partial charge in [0.25, 0.3) is 0 Å². The summed E-state index contributed by atoms with van der Waals surface area (Å²) in [6.45, 7) is -3.00. The number of halogens is 7. The summed E-state index contributed by atoms with van der Waals surface area (Å²) in [5.41, 5.74) is -0.462. The second kappa shape index (κ2) is 11.6. The van der Waals surface area contributed by atoms with Gasteiger partial charge in [-0.2, -0.15) is 46.2 Å². The predicted octanol–water partition coefficient (Wildman–Crippen LogP) is 4.85. The van der Waals surface area contributed by atoms with Crippen LogP contribution < -0.4 is 4.73 Å². The highest BCUT2D eigenvalue weighted by atomic mass is 35.5. The Morgan fingerprint density at radius 3 is 2.47 bits per heavy atom. The van der Waals surface area contributed by atoms with Crippen molar-refractivity contribution in [3.8, 4) is 28.2 Å². The van der Waals surface area contributed by atoms with Crippen molar-refractivity contribution in [3.05, 3.63) is 107 Å². The van der Waals surface area contributed by atoms with Crippen LogP contribution in [0.4, 0.5) is 26.3 Å². The third-order valence-electron chi connectivity index (χ3n) is 6.72. The van der Waals surface area contributed by atoms with Gasteiger partial charge >= 0.3 is 12.7 Å². The molecule has 0 unspecified atom stereocenters. The summed E-state index contributed by atoms with van der Waals surface area (Å²) in [6.07, 6.45) is 2.05. The van der Waals surface area contributed by atoms with E-state index in [9.17, 15) is 27.2 Å². The van der Waals surface area contributed by atoms with Crippen molar-refractivity contribution >= 4 is 11.6 Å². The maximum Gasteiger partial charge on any atom is 0.433 e. The minimum Gasteiger partial charge on any atom is -0.618 e. The minimum absolute atomic E-state index is 0.0232. The Kier molecular flexibility index (Phi) is 7.65. The van der Waals surface area contributed by atoms with Crippen LogP contribution in [-0.2, 0) is 12.6 Å². The van der Waals surface area contributed by atoms with Crippen molar-refractivity contribution < 1.29 is 31.1 Å². The second-order valence-corrected chi connectivity index (χ2v) is 9.87. The molecule has 5 heterocycles. The maximum absolute atomic E-state index is 15.3. The zero-order valence-electron chi connectivity index (χ0n) is 22.3. The van der Waals surface area contributed by atoms with Crippen LogP contribution in [0.2, 0.25) is 5.02 Å². The fourth-order valence-corrected chi connectivity index (χ4v) is 4.83. The molecule has 0 fully saturated rings. The molecule has 0 aliphatic carbocycles. The number of pyridine rings is 2. The van der Waals surface area contributed by atoms with Crippen LogP contribution in [0.25, 0.3) is 28.2 Å². The van der Waals surface area contributed by atoms with Crippen LogP contribution in [0.5, 0.6) is 0 Å². The average Bonchev–Trinajstić information content (AvgIpc) is 3.79. The molecule has 0 radical (unpaired) electrons. The lowest BCUT2D eigenvalue weighted by Gasteiger charge is -2.18. The lowest BCUT2D eigenvalue weighted by Crippen LogP contribution is -2.36. The molecule has 230 valence electrons. The van der Waals surface area contributed by atoms with Crippen LogP contribution in [-0.4, -0.2) is 49.7 Å². The first-order valence-electron chi connectivity index (χ1n) is 12.7. The number of aromatic nitrogens is 11. The van der Waals surface area contributed by atoms with Gasteiger partial charge in [-0.15, -0.1) is 5.10 Å². The number of hydrogen-bond acceptors (Lipinski definition) is 8. The average molecular weight is 648 g/mol. The first-order valence-corrected chi connectivity index (χ1v) is 13.1. The monoisotopic (exact) mass is 647 g/mol. The Morgan fingerprint density at radius 2 is 1.80 bits per heavy atom. The van der Waals surface area contributed by atoms with Gasteiger partial charge in [-0.05, 0) is 40.3 Å². The van der Waals surface area contributed by atoms with Crippen molar-refractivity contribution in [1.29, 1.82) is 0 Å². The highest BCUT2D eigenvalue weighted by Gasteiger charge is 2.33. The van der Waals surface area contributed by atoms with Crippen LogP contribution in [0, 0.1) is 11.0 Å². The molecular weight excluding hydrogens is 632 g/mol. The number of alkyl halides is 5.